The Morgan fingerprint density at radius 3 is 1.54 bits per heavy atom. The van der Waals surface area contributed by atoms with Gasteiger partial charge in [-0.3, -0.25) is 9.97 Å². The summed E-state index contributed by atoms with van der Waals surface area (Å²) in [7, 11) is 0. The van der Waals surface area contributed by atoms with E-state index in [2.05, 4.69) is 125 Å². The van der Waals surface area contributed by atoms with Gasteiger partial charge < -0.3 is 0 Å². The summed E-state index contributed by atoms with van der Waals surface area (Å²) >= 11 is 0. The van der Waals surface area contributed by atoms with Crippen molar-refractivity contribution in [3.05, 3.63) is 170 Å². The molecule has 1 aliphatic rings. The SMILES string of the molecule is c1cncc(-c2cc(-c3cccnc3)nc(-c3ccc(-c4ccc5ccc6ccc(-c7ccc8c9c(cccc79)-c7ccccc7-8)nc6c5n4)cc3)n2)c1. The largest absolute Gasteiger partial charge is 0.264 e. The Morgan fingerprint density at radius 2 is 0.889 bits per heavy atom. The van der Waals surface area contributed by atoms with Gasteiger partial charge in [0, 0.05) is 63.4 Å². The van der Waals surface area contributed by atoms with Gasteiger partial charge in [-0.2, -0.15) is 0 Å². The number of fused-ring (bicyclic) bond motifs is 6. The number of hydrogen-bond acceptors (Lipinski definition) is 6. The van der Waals surface area contributed by atoms with Crippen LogP contribution in [0.25, 0.3) is 111 Å². The second-order valence-corrected chi connectivity index (χ2v) is 13.6. The molecule has 1 aliphatic carbocycles. The zero-order valence-electron chi connectivity index (χ0n) is 28.8. The number of nitrogens with zero attached hydrogens (tertiary/aromatic N) is 6. The lowest BCUT2D eigenvalue weighted by Crippen LogP contribution is -1.96. The molecule has 250 valence electrons. The number of benzene rings is 5. The van der Waals surface area contributed by atoms with Gasteiger partial charge in [-0.25, -0.2) is 19.9 Å². The number of rotatable bonds is 5. The molecule has 5 aromatic heterocycles. The molecule has 6 nitrogen and oxygen atoms in total. The predicted octanol–water partition coefficient (Wildman–Crippen LogP) is 11.5. The van der Waals surface area contributed by atoms with E-state index in [0.717, 1.165) is 72.4 Å². The van der Waals surface area contributed by atoms with E-state index in [0.29, 0.717) is 5.82 Å². The van der Waals surface area contributed by atoms with E-state index in [9.17, 15) is 0 Å². The number of pyridine rings is 4. The molecule has 11 rings (SSSR count). The maximum atomic E-state index is 5.32. The standard InChI is InChI=1S/C48H28N6/c1-2-9-36-35(8-1)38-10-3-11-39-37(20-21-40(36)45(38)39)42-23-19-31-15-14-30-18-22-41(51-46(30)47(31)52-42)29-12-16-32(17-13-29)48-53-43(33-6-4-24-49-27-33)26-44(54-48)34-7-5-25-50-28-34/h1-28H. The summed E-state index contributed by atoms with van der Waals surface area (Å²) in [5, 5.41) is 4.61. The number of hydrogen-bond donors (Lipinski definition) is 0. The summed E-state index contributed by atoms with van der Waals surface area (Å²) in [5.74, 6) is 0.628. The molecule has 0 bridgehead atoms. The van der Waals surface area contributed by atoms with Gasteiger partial charge >= 0.3 is 0 Å². The van der Waals surface area contributed by atoms with E-state index in [1.807, 2.05) is 42.7 Å². The van der Waals surface area contributed by atoms with Crippen LogP contribution in [0.3, 0.4) is 0 Å². The Kier molecular flexibility index (Phi) is 6.75. The van der Waals surface area contributed by atoms with Crippen molar-refractivity contribution in [2.24, 2.45) is 0 Å². The van der Waals surface area contributed by atoms with Crippen molar-refractivity contribution < 1.29 is 0 Å². The average Bonchev–Trinajstić information content (AvgIpc) is 3.58. The van der Waals surface area contributed by atoms with Gasteiger partial charge in [0.15, 0.2) is 5.82 Å². The van der Waals surface area contributed by atoms with Gasteiger partial charge in [0.1, 0.15) is 0 Å². The van der Waals surface area contributed by atoms with Gasteiger partial charge in [0.2, 0.25) is 0 Å². The van der Waals surface area contributed by atoms with Crippen LogP contribution in [-0.4, -0.2) is 29.9 Å². The lowest BCUT2D eigenvalue weighted by Gasteiger charge is -2.11. The van der Waals surface area contributed by atoms with Crippen molar-refractivity contribution in [1.82, 2.24) is 29.9 Å². The highest BCUT2D eigenvalue weighted by atomic mass is 14.9. The first kappa shape index (κ1) is 30.2. The van der Waals surface area contributed by atoms with E-state index < -0.39 is 0 Å². The molecule has 6 heteroatoms. The van der Waals surface area contributed by atoms with Crippen molar-refractivity contribution in [3.63, 3.8) is 0 Å². The monoisotopic (exact) mass is 688 g/mol. The summed E-state index contributed by atoms with van der Waals surface area (Å²) < 4.78 is 0. The molecule has 0 aliphatic heterocycles. The van der Waals surface area contributed by atoms with Crippen LogP contribution in [0.5, 0.6) is 0 Å². The summed E-state index contributed by atoms with van der Waals surface area (Å²) in [6.45, 7) is 0. The summed E-state index contributed by atoms with van der Waals surface area (Å²) in [4.78, 5) is 29.1. The minimum absolute atomic E-state index is 0.628. The fourth-order valence-electron chi connectivity index (χ4n) is 7.80. The van der Waals surface area contributed by atoms with E-state index in [-0.39, 0.29) is 0 Å². The summed E-state index contributed by atoms with van der Waals surface area (Å²) in [5.41, 5.74) is 15.2. The molecule has 10 aromatic rings. The van der Waals surface area contributed by atoms with Crippen molar-refractivity contribution in [2.45, 2.75) is 0 Å². The van der Waals surface area contributed by atoms with E-state index >= 15 is 0 Å². The Labute approximate surface area is 310 Å². The highest BCUT2D eigenvalue weighted by molar-refractivity contribution is 6.18. The highest BCUT2D eigenvalue weighted by Crippen LogP contribution is 2.49. The van der Waals surface area contributed by atoms with Gasteiger partial charge in [-0.15, -0.1) is 0 Å². The van der Waals surface area contributed by atoms with Crippen molar-refractivity contribution in [3.8, 4) is 78.7 Å². The van der Waals surface area contributed by atoms with Crippen LogP contribution in [0, 0.1) is 0 Å². The highest BCUT2D eigenvalue weighted by Gasteiger charge is 2.22. The lowest BCUT2D eigenvalue weighted by atomic mass is 9.96. The molecule has 0 N–H and O–H groups in total. The molecule has 0 amide bonds. The van der Waals surface area contributed by atoms with Gasteiger partial charge in [0.25, 0.3) is 0 Å². The van der Waals surface area contributed by atoms with Crippen LogP contribution in [0.4, 0.5) is 0 Å². The summed E-state index contributed by atoms with van der Waals surface area (Å²) in [6.07, 6.45) is 7.17. The molecule has 0 radical (unpaired) electrons. The second kappa shape index (κ2) is 12.1. The Balaban J connectivity index is 0.989. The minimum atomic E-state index is 0.628. The zero-order valence-corrected chi connectivity index (χ0v) is 28.8. The average molecular weight is 689 g/mol. The Bertz CT molecular complexity index is 3000. The van der Waals surface area contributed by atoms with Crippen LogP contribution in [0.2, 0.25) is 0 Å². The Morgan fingerprint density at radius 1 is 0.333 bits per heavy atom. The van der Waals surface area contributed by atoms with Crippen LogP contribution in [0.15, 0.2) is 170 Å². The molecule has 0 atom stereocenters. The summed E-state index contributed by atoms with van der Waals surface area (Å²) in [6, 6.07) is 50.6. The minimum Gasteiger partial charge on any atom is -0.264 e. The molecule has 0 unspecified atom stereocenters. The molecule has 0 spiro atoms. The third-order valence-electron chi connectivity index (χ3n) is 10.4. The molecular weight excluding hydrogens is 661 g/mol. The van der Waals surface area contributed by atoms with Gasteiger partial charge in [-0.05, 0) is 75.5 Å². The number of aromatic nitrogens is 6. The molecule has 5 aromatic carbocycles. The van der Waals surface area contributed by atoms with Crippen molar-refractivity contribution in [2.75, 3.05) is 0 Å². The first-order valence-corrected chi connectivity index (χ1v) is 17.9. The van der Waals surface area contributed by atoms with Crippen LogP contribution in [0.1, 0.15) is 0 Å². The first-order valence-electron chi connectivity index (χ1n) is 17.9. The normalized spacial score (nSPS) is 11.7. The van der Waals surface area contributed by atoms with E-state index in [1.54, 1.807) is 12.4 Å². The zero-order chi connectivity index (χ0) is 35.6. The molecule has 5 heterocycles. The topological polar surface area (TPSA) is 77.3 Å². The molecule has 0 saturated carbocycles. The van der Waals surface area contributed by atoms with Gasteiger partial charge in [-0.1, -0.05) is 103 Å². The van der Waals surface area contributed by atoms with E-state index in [1.165, 1.54) is 33.0 Å². The van der Waals surface area contributed by atoms with Gasteiger partial charge in [0.05, 0.1) is 33.8 Å². The quantitative estimate of drug-likeness (QED) is 0.168. The maximum Gasteiger partial charge on any atom is 0.160 e. The maximum absolute atomic E-state index is 5.32. The fraction of sp³-hybridized carbons (Fsp3) is 0. The second-order valence-electron chi connectivity index (χ2n) is 13.6. The smallest absolute Gasteiger partial charge is 0.160 e. The molecule has 0 fully saturated rings. The third kappa shape index (κ3) is 4.89. The van der Waals surface area contributed by atoms with Crippen LogP contribution in [-0.2, 0) is 0 Å². The molecule has 0 saturated heterocycles. The van der Waals surface area contributed by atoms with Crippen LogP contribution >= 0.6 is 0 Å². The van der Waals surface area contributed by atoms with Crippen molar-refractivity contribution in [1.29, 1.82) is 0 Å². The third-order valence-corrected chi connectivity index (χ3v) is 10.4. The Hall–Kier alpha value is -7.44. The van der Waals surface area contributed by atoms with E-state index in [4.69, 9.17) is 19.9 Å². The molecular formula is C48H28N6. The first-order chi connectivity index (χ1) is 26.7. The fourth-order valence-corrected chi connectivity index (χ4v) is 7.80. The predicted molar refractivity (Wildman–Crippen MR) is 217 cm³/mol. The van der Waals surface area contributed by atoms with Crippen LogP contribution < -0.4 is 0 Å². The molecule has 54 heavy (non-hydrogen) atoms. The lowest BCUT2D eigenvalue weighted by molar-refractivity contribution is 1.17. The van der Waals surface area contributed by atoms with Crippen molar-refractivity contribution >= 4 is 32.6 Å².